The summed E-state index contributed by atoms with van der Waals surface area (Å²) in [6.07, 6.45) is 1.71. The van der Waals surface area contributed by atoms with Crippen LogP contribution < -0.4 is 0 Å². The second kappa shape index (κ2) is 3.26. The quantitative estimate of drug-likeness (QED) is 0.677. The van der Waals surface area contributed by atoms with Crippen LogP contribution in [0.15, 0.2) is 30.5 Å². The van der Waals surface area contributed by atoms with Crippen molar-refractivity contribution in [2.24, 2.45) is 0 Å². The zero-order chi connectivity index (χ0) is 9.26. The Hall–Kier alpha value is -1.22. The average Bonchev–Trinajstić information content (AvgIpc) is 2.53. The van der Waals surface area contributed by atoms with Gasteiger partial charge in [0.05, 0.1) is 9.88 Å². The Morgan fingerprint density at radius 3 is 2.69 bits per heavy atom. The lowest BCUT2D eigenvalue weighted by Crippen LogP contribution is -1.78. The van der Waals surface area contributed by atoms with Crippen LogP contribution in [0.5, 0.6) is 0 Å². The van der Waals surface area contributed by atoms with Crippen molar-refractivity contribution < 1.29 is 4.39 Å². The highest BCUT2D eigenvalue weighted by molar-refractivity contribution is 7.15. The van der Waals surface area contributed by atoms with Gasteiger partial charge < -0.3 is 0 Å². The van der Waals surface area contributed by atoms with Gasteiger partial charge in [-0.3, -0.25) is 0 Å². The van der Waals surface area contributed by atoms with Crippen LogP contribution in [-0.4, -0.2) is 4.98 Å². The normalized spacial score (nSPS) is 10.3. The van der Waals surface area contributed by atoms with Crippen LogP contribution in [0.3, 0.4) is 0 Å². The van der Waals surface area contributed by atoms with Gasteiger partial charge in [0.15, 0.2) is 0 Å². The van der Waals surface area contributed by atoms with Gasteiger partial charge in [-0.1, -0.05) is 18.2 Å². The van der Waals surface area contributed by atoms with Gasteiger partial charge in [0.1, 0.15) is 5.82 Å². The number of halogens is 1. The molecule has 1 heterocycles. The summed E-state index contributed by atoms with van der Waals surface area (Å²) < 4.78 is 13.3. The van der Waals surface area contributed by atoms with Crippen molar-refractivity contribution in [2.45, 2.75) is 6.92 Å². The summed E-state index contributed by atoms with van der Waals surface area (Å²) >= 11 is 1.50. The summed E-state index contributed by atoms with van der Waals surface area (Å²) in [6.45, 7) is 1.91. The van der Waals surface area contributed by atoms with Crippen molar-refractivity contribution in [3.05, 3.63) is 41.3 Å². The summed E-state index contributed by atoms with van der Waals surface area (Å²) in [5.41, 5.74) is 0.633. The highest BCUT2D eigenvalue weighted by atomic mass is 32.1. The lowest BCUT2D eigenvalue weighted by Gasteiger charge is -1.96. The molecule has 2 aromatic rings. The van der Waals surface area contributed by atoms with E-state index in [-0.39, 0.29) is 5.82 Å². The van der Waals surface area contributed by atoms with Crippen LogP contribution in [-0.2, 0) is 0 Å². The first kappa shape index (κ1) is 8.38. The molecule has 0 radical (unpaired) electrons. The third-order valence-electron chi connectivity index (χ3n) is 1.76. The lowest BCUT2D eigenvalue weighted by atomic mass is 10.2. The molecule has 0 saturated carbocycles. The van der Waals surface area contributed by atoms with Gasteiger partial charge in [-0.15, -0.1) is 11.3 Å². The van der Waals surface area contributed by atoms with E-state index in [0.717, 1.165) is 9.88 Å². The Kier molecular flexibility index (Phi) is 2.10. The topological polar surface area (TPSA) is 12.9 Å². The molecular formula is C10H8FNS. The second-order valence-electron chi connectivity index (χ2n) is 2.72. The monoisotopic (exact) mass is 193 g/mol. The number of nitrogens with zero attached hydrogens (tertiary/aromatic N) is 1. The van der Waals surface area contributed by atoms with Crippen LogP contribution in [0.1, 0.15) is 5.01 Å². The highest BCUT2D eigenvalue weighted by Crippen LogP contribution is 2.27. The standard InChI is InChI=1S/C10H8FNS/c1-7-12-6-10(13-7)8-4-2-3-5-9(8)11/h2-6H,1H3. The molecule has 0 amide bonds. The fourth-order valence-corrected chi connectivity index (χ4v) is 1.95. The zero-order valence-corrected chi connectivity index (χ0v) is 7.94. The summed E-state index contributed by atoms with van der Waals surface area (Å²) in [4.78, 5) is 4.97. The summed E-state index contributed by atoms with van der Waals surface area (Å²) in [7, 11) is 0. The zero-order valence-electron chi connectivity index (χ0n) is 7.12. The van der Waals surface area contributed by atoms with E-state index in [4.69, 9.17) is 0 Å². The van der Waals surface area contributed by atoms with Gasteiger partial charge in [-0.05, 0) is 13.0 Å². The second-order valence-corrected chi connectivity index (χ2v) is 3.96. The highest BCUT2D eigenvalue weighted by Gasteiger charge is 2.05. The molecule has 0 N–H and O–H groups in total. The molecule has 1 nitrogen and oxygen atoms in total. The van der Waals surface area contributed by atoms with E-state index in [1.807, 2.05) is 13.0 Å². The minimum atomic E-state index is -0.189. The molecule has 0 saturated heterocycles. The third-order valence-corrected chi connectivity index (χ3v) is 2.71. The van der Waals surface area contributed by atoms with Gasteiger partial charge in [0.25, 0.3) is 0 Å². The SMILES string of the molecule is Cc1ncc(-c2ccccc2F)s1. The maximum Gasteiger partial charge on any atom is 0.131 e. The number of hydrogen-bond acceptors (Lipinski definition) is 2. The largest absolute Gasteiger partial charge is 0.249 e. The molecule has 66 valence electrons. The van der Waals surface area contributed by atoms with E-state index in [9.17, 15) is 4.39 Å². The molecule has 0 spiro atoms. The van der Waals surface area contributed by atoms with Gasteiger partial charge in [0, 0.05) is 11.8 Å². The van der Waals surface area contributed by atoms with Crippen LogP contribution in [0.2, 0.25) is 0 Å². The van der Waals surface area contributed by atoms with Gasteiger partial charge in [0.2, 0.25) is 0 Å². The number of aryl methyl sites for hydroxylation is 1. The molecule has 0 aliphatic heterocycles. The van der Waals surface area contributed by atoms with Crippen LogP contribution in [0.25, 0.3) is 10.4 Å². The molecule has 0 unspecified atom stereocenters. The van der Waals surface area contributed by atoms with Gasteiger partial charge in [-0.2, -0.15) is 0 Å². The predicted molar refractivity (Wildman–Crippen MR) is 52.2 cm³/mol. The summed E-state index contributed by atoms with van der Waals surface area (Å²) in [6, 6.07) is 6.74. The number of benzene rings is 1. The predicted octanol–water partition coefficient (Wildman–Crippen LogP) is 3.26. The Morgan fingerprint density at radius 1 is 1.31 bits per heavy atom. The molecule has 0 aliphatic carbocycles. The molecule has 0 bridgehead atoms. The maximum absolute atomic E-state index is 13.3. The van der Waals surface area contributed by atoms with Gasteiger partial charge >= 0.3 is 0 Å². The Labute approximate surface area is 79.9 Å². The number of aromatic nitrogens is 1. The molecule has 0 aliphatic rings. The average molecular weight is 193 g/mol. The molecule has 0 fully saturated rings. The number of hydrogen-bond donors (Lipinski definition) is 0. The van der Waals surface area contributed by atoms with Crippen LogP contribution >= 0.6 is 11.3 Å². The first-order valence-electron chi connectivity index (χ1n) is 3.95. The molecule has 1 aromatic heterocycles. The lowest BCUT2D eigenvalue weighted by molar-refractivity contribution is 0.631. The minimum Gasteiger partial charge on any atom is -0.249 e. The summed E-state index contributed by atoms with van der Waals surface area (Å²) in [5, 5.41) is 0.957. The van der Waals surface area contributed by atoms with Gasteiger partial charge in [-0.25, -0.2) is 9.37 Å². The molecular weight excluding hydrogens is 185 g/mol. The van der Waals surface area contributed by atoms with Crippen molar-refractivity contribution in [1.82, 2.24) is 4.98 Å². The van der Waals surface area contributed by atoms with E-state index in [2.05, 4.69) is 4.98 Å². The first-order chi connectivity index (χ1) is 6.27. The van der Waals surface area contributed by atoms with Crippen molar-refractivity contribution in [3.8, 4) is 10.4 Å². The maximum atomic E-state index is 13.3. The Bertz CT molecular complexity index is 422. The fourth-order valence-electron chi connectivity index (χ4n) is 1.15. The number of rotatable bonds is 1. The van der Waals surface area contributed by atoms with E-state index < -0.39 is 0 Å². The molecule has 1 aromatic carbocycles. The Balaban J connectivity index is 2.52. The first-order valence-corrected chi connectivity index (χ1v) is 4.76. The van der Waals surface area contributed by atoms with E-state index in [0.29, 0.717) is 5.56 Å². The van der Waals surface area contributed by atoms with E-state index in [1.54, 1.807) is 18.3 Å². The third kappa shape index (κ3) is 1.60. The molecule has 13 heavy (non-hydrogen) atoms. The minimum absolute atomic E-state index is 0.189. The van der Waals surface area contributed by atoms with Crippen molar-refractivity contribution in [3.63, 3.8) is 0 Å². The fraction of sp³-hybridized carbons (Fsp3) is 0.100. The summed E-state index contributed by atoms with van der Waals surface area (Å²) in [5.74, 6) is -0.189. The molecule has 3 heteroatoms. The van der Waals surface area contributed by atoms with Crippen molar-refractivity contribution in [2.75, 3.05) is 0 Å². The smallest absolute Gasteiger partial charge is 0.131 e. The van der Waals surface area contributed by atoms with Crippen molar-refractivity contribution >= 4 is 11.3 Å². The Morgan fingerprint density at radius 2 is 2.08 bits per heavy atom. The van der Waals surface area contributed by atoms with E-state index >= 15 is 0 Å². The van der Waals surface area contributed by atoms with Crippen LogP contribution in [0, 0.1) is 12.7 Å². The van der Waals surface area contributed by atoms with E-state index in [1.165, 1.54) is 17.4 Å². The molecule has 2 rings (SSSR count). The number of thiazole rings is 1. The van der Waals surface area contributed by atoms with Crippen molar-refractivity contribution in [1.29, 1.82) is 0 Å². The van der Waals surface area contributed by atoms with Crippen LogP contribution in [0.4, 0.5) is 4.39 Å². The molecule has 0 atom stereocenters.